The molecule has 0 aromatic heterocycles. The van der Waals surface area contributed by atoms with Crippen LogP contribution in [0.2, 0.25) is 0 Å². The number of hydrogen-bond donors (Lipinski definition) is 0. The number of hydrogen-bond acceptors (Lipinski definition) is 2. The van der Waals surface area contributed by atoms with Gasteiger partial charge < -0.3 is 4.74 Å². The lowest BCUT2D eigenvalue weighted by atomic mass is 9.92. The molecule has 3 heteroatoms. The van der Waals surface area contributed by atoms with Crippen molar-refractivity contribution in [2.45, 2.75) is 45.4 Å². The zero-order valence-corrected chi connectivity index (χ0v) is 22.8. The monoisotopic (exact) mass is 493 g/mol. The maximum atomic E-state index is 6.45. The first kappa shape index (κ1) is 25.9. The number of rotatable bonds is 10. The highest BCUT2D eigenvalue weighted by atomic mass is 31.1. The number of benzene rings is 4. The Bertz CT molecular complexity index is 1290. The topological polar surface area (TPSA) is 21.6 Å². The van der Waals surface area contributed by atoms with Gasteiger partial charge in [0, 0.05) is 28.9 Å². The van der Waals surface area contributed by atoms with E-state index in [1.807, 2.05) is 13.1 Å². The molecule has 0 aliphatic heterocycles. The zero-order chi connectivity index (χ0) is 25.4. The van der Waals surface area contributed by atoms with Crippen LogP contribution < -0.4 is 10.0 Å². The maximum absolute atomic E-state index is 6.45. The number of aliphatic imine (C=N–C) groups is 1. The molecule has 4 aromatic rings. The average molecular weight is 494 g/mol. The number of nitrogens with zero attached hydrogens (tertiary/aromatic N) is 1. The second-order valence-electron chi connectivity index (χ2n) is 9.12. The highest BCUT2D eigenvalue weighted by molar-refractivity contribution is 7.49. The van der Waals surface area contributed by atoms with Crippen molar-refractivity contribution in [3.63, 3.8) is 0 Å². The molecule has 0 bridgehead atoms. The first-order chi connectivity index (χ1) is 17.6. The van der Waals surface area contributed by atoms with E-state index in [1.54, 1.807) is 0 Å². The molecule has 36 heavy (non-hydrogen) atoms. The summed E-state index contributed by atoms with van der Waals surface area (Å²) in [4.78, 5) is 4.76. The molecule has 184 valence electrons. The van der Waals surface area contributed by atoms with Crippen molar-refractivity contribution in [1.29, 1.82) is 0 Å². The van der Waals surface area contributed by atoms with Crippen LogP contribution in [0, 0.1) is 6.92 Å². The van der Waals surface area contributed by atoms with E-state index >= 15 is 0 Å². The lowest BCUT2D eigenvalue weighted by Crippen LogP contribution is -2.26. The smallest absolute Gasteiger partial charge is 0.123 e. The molecule has 0 N–H and O–H groups in total. The highest BCUT2D eigenvalue weighted by Crippen LogP contribution is 2.50. The Morgan fingerprint density at radius 1 is 0.778 bits per heavy atom. The predicted molar refractivity (Wildman–Crippen MR) is 157 cm³/mol. The fraction of sp³-hybridized carbons (Fsp3) is 0.242. The molecular weight excluding hydrogens is 457 g/mol. The number of aryl methyl sites for hydroxylation is 1. The Morgan fingerprint density at radius 2 is 1.42 bits per heavy atom. The lowest BCUT2D eigenvalue weighted by molar-refractivity contribution is 0.298. The Hall–Kier alpha value is -3.22. The van der Waals surface area contributed by atoms with E-state index in [0.717, 1.165) is 29.9 Å². The summed E-state index contributed by atoms with van der Waals surface area (Å²) in [7, 11) is 2.49. The predicted octanol–water partition coefficient (Wildman–Crippen LogP) is 8.06. The molecule has 0 saturated carbocycles. The van der Waals surface area contributed by atoms with Crippen molar-refractivity contribution in [1.82, 2.24) is 0 Å². The second kappa shape index (κ2) is 12.2. The van der Waals surface area contributed by atoms with Crippen LogP contribution in [0.5, 0.6) is 5.75 Å². The molecule has 0 aliphatic carbocycles. The fourth-order valence-electron chi connectivity index (χ4n) is 4.87. The molecule has 0 radical (unpaired) electrons. The summed E-state index contributed by atoms with van der Waals surface area (Å²) in [6.07, 6.45) is 2.07. The summed E-state index contributed by atoms with van der Waals surface area (Å²) in [5.41, 5.74) is 7.24. The standard InChI is InChI=1S/C33H36NOP/c1-5-33(6-2,29-22-13-14-23-30(29)35-24-26-17-9-7-10-18-26)36-32-25(3)16-15-21-28(32)31(34-4)27-19-11-8-12-20-27/h7-23,36H,5-6,24H2,1-4H3. The third kappa shape index (κ3) is 5.61. The van der Waals surface area contributed by atoms with Crippen LogP contribution in [0.3, 0.4) is 0 Å². The Kier molecular flexibility index (Phi) is 8.73. The van der Waals surface area contributed by atoms with Gasteiger partial charge in [0.1, 0.15) is 12.4 Å². The summed E-state index contributed by atoms with van der Waals surface area (Å²) in [6, 6.07) is 36.2. The van der Waals surface area contributed by atoms with E-state index < -0.39 is 0 Å². The molecule has 0 spiro atoms. The number of ether oxygens (including phenoxy) is 1. The molecule has 0 heterocycles. The molecule has 0 amide bonds. The van der Waals surface area contributed by atoms with E-state index in [1.165, 1.54) is 27.6 Å². The molecule has 4 rings (SSSR count). The Balaban J connectivity index is 1.75. The summed E-state index contributed by atoms with van der Waals surface area (Å²) in [5, 5.41) is 1.37. The molecule has 1 atom stereocenters. The van der Waals surface area contributed by atoms with Crippen molar-refractivity contribution in [2.24, 2.45) is 4.99 Å². The minimum Gasteiger partial charge on any atom is -0.489 e. The second-order valence-corrected chi connectivity index (χ2v) is 10.8. The molecule has 2 nitrogen and oxygen atoms in total. The summed E-state index contributed by atoms with van der Waals surface area (Å²) < 4.78 is 6.45. The average Bonchev–Trinajstić information content (AvgIpc) is 2.94. The quantitative estimate of drug-likeness (QED) is 0.162. The van der Waals surface area contributed by atoms with Crippen LogP contribution in [0.4, 0.5) is 0 Å². The van der Waals surface area contributed by atoms with Crippen LogP contribution in [0.15, 0.2) is 108 Å². The molecule has 0 fully saturated rings. The van der Waals surface area contributed by atoms with Gasteiger partial charge in [0.25, 0.3) is 0 Å². The normalized spacial score (nSPS) is 12.3. The van der Waals surface area contributed by atoms with Crippen molar-refractivity contribution < 1.29 is 4.74 Å². The Labute approximate surface area is 218 Å². The zero-order valence-electron chi connectivity index (χ0n) is 21.8. The molecule has 0 saturated heterocycles. The van der Waals surface area contributed by atoms with Gasteiger partial charge in [-0.2, -0.15) is 0 Å². The highest BCUT2D eigenvalue weighted by Gasteiger charge is 2.33. The maximum Gasteiger partial charge on any atom is 0.123 e. The Morgan fingerprint density at radius 3 is 2.08 bits per heavy atom. The van der Waals surface area contributed by atoms with Crippen molar-refractivity contribution >= 4 is 19.6 Å². The third-order valence-electron chi connectivity index (χ3n) is 7.01. The molecule has 1 unspecified atom stereocenters. The van der Waals surface area contributed by atoms with E-state index in [9.17, 15) is 0 Å². The molecule has 4 aromatic carbocycles. The van der Waals surface area contributed by atoms with Gasteiger partial charge in [0.05, 0.1) is 5.71 Å². The van der Waals surface area contributed by atoms with Gasteiger partial charge in [0.15, 0.2) is 0 Å². The third-order valence-corrected chi connectivity index (χ3v) is 9.38. The molecule has 0 aliphatic rings. The van der Waals surface area contributed by atoms with Crippen LogP contribution >= 0.6 is 8.58 Å². The summed E-state index contributed by atoms with van der Waals surface area (Å²) in [6.45, 7) is 7.43. The molecular formula is C33H36NOP. The minimum absolute atomic E-state index is 0.0241. The minimum atomic E-state index is -0.0241. The van der Waals surface area contributed by atoms with Gasteiger partial charge in [0.2, 0.25) is 0 Å². The van der Waals surface area contributed by atoms with Crippen molar-refractivity contribution in [2.75, 3.05) is 7.05 Å². The number of para-hydroxylation sites is 1. The van der Waals surface area contributed by atoms with Crippen LogP contribution in [0.25, 0.3) is 0 Å². The van der Waals surface area contributed by atoms with Crippen LogP contribution in [-0.4, -0.2) is 12.8 Å². The van der Waals surface area contributed by atoms with Gasteiger partial charge in [-0.05, 0) is 42.3 Å². The lowest BCUT2D eigenvalue weighted by Gasteiger charge is -2.35. The largest absolute Gasteiger partial charge is 0.489 e. The fourth-order valence-corrected chi connectivity index (χ4v) is 6.66. The van der Waals surface area contributed by atoms with Gasteiger partial charge in [-0.25, -0.2) is 0 Å². The first-order valence-electron chi connectivity index (χ1n) is 12.8. The van der Waals surface area contributed by atoms with Crippen molar-refractivity contribution in [3.05, 3.63) is 131 Å². The van der Waals surface area contributed by atoms with Gasteiger partial charge in [-0.15, -0.1) is 0 Å². The van der Waals surface area contributed by atoms with Gasteiger partial charge in [-0.3, -0.25) is 4.99 Å². The van der Waals surface area contributed by atoms with E-state index in [4.69, 9.17) is 9.73 Å². The van der Waals surface area contributed by atoms with Crippen LogP contribution in [-0.2, 0) is 11.8 Å². The van der Waals surface area contributed by atoms with Crippen LogP contribution in [0.1, 0.15) is 54.5 Å². The van der Waals surface area contributed by atoms with E-state index in [-0.39, 0.29) is 5.16 Å². The summed E-state index contributed by atoms with van der Waals surface area (Å²) >= 11 is 0. The van der Waals surface area contributed by atoms with Gasteiger partial charge in [-0.1, -0.05) is 119 Å². The first-order valence-corrected chi connectivity index (χ1v) is 13.8. The van der Waals surface area contributed by atoms with Gasteiger partial charge >= 0.3 is 0 Å². The SMILES string of the molecule is CCC(CC)(Pc1c(C)cccc1C(=NC)c1ccccc1)c1ccccc1OCc1ccccc1. The van der Waals surface area contributed by atoms with Crippen molar-refractivity contribution in [3.8, 4) is 5.75 Å². The van der Waals surface area contributed by atoms with E-state index in [2.05, 4.69) is 118 Å². The summed E-state index contributed by atoms with van der Waals surface area (Å²) in [5.74, 6) is 0.986. The van der Waals surface area contributed by atoms with E-state index in [0.29, 0.717) is 15.2 Å².